The number of rotatable bonds is 7. The van der Waals surface area contributed by atoms with Gasteiger partial charge in [-0.1, -0.05) is 6.92 Å². The zero-order chi connectivity index (χ0) is 14.4. The molecular weight excluding hydrogens is 242 g/mol. The van der Waals surface area contributed by atoms with Crippen molar-refractivity contribution >= 4 is 11.4 Å². The van der Waals surface area contributed by atoms with Crippen LogP contribution in [0.3, 0.4) is 0 Å². The number of aryl methyl sites for hydroxylation is 1. The van der Waals surface area contributed by atoms with Crippen molar-refractivity contribution in [3.8, 4) is 5.75 Å². The summed E-state index contributed by atoms with van der Waals surface area (Å²) < 4.78 is 5.55. The van der Waals surface area contributed by atoms with Crippen LogP contribution in [0.5, 0.6) is 5.75 Å². The number of ether oxygens (including phenoxy) is 1. The normalized spacial score (nSPS) is 12.4. The molecule has 6 N–H and O–H groups in total. The molecule has 0 saturated carbocycles. The van der Waals surface area contributed by atoms with E-state index in [1.807, 2.05) is 19.9 Å². The maximum absolute atomic E-state index is 9.76. The molecule has 1 aromatic carbocycles. The summed E-state index contributed by atoms with van der Waals surface area (Å²) in [5.41, 5.74) is 14.8. The minimum absolute atomic E-state index is 0.197. The van der Waals surface area contributed by atoms with E-state index in [0.717, 1.165) is 24.1 Å². The SMILES string of the molecule is CCCNCC(O)COc1cc(C)c(C)c(N)c1N. The van der Waals surface area contributed by atoms with Crippen molar-refractivity contribution in [2.24, 2.45) is 0 Å². The van der Waals surface area contributed by atoms with Gasteiger partial charge in [0.25, 0.3) is 0 Å². The van der Waals surface area contributed by atoms with E-state index in [4.69, 9.17) is 16.2 Å². The van der Waals surface area contributed by atoms with Crippen LogP contribution in [0, 0.1) is 13.8 Å². The van der Waals surface area contributed by atoms with Crippen LogP contribution >= 0.6 is 0 Å². The number of nitrogens with two attached hydrogens (primary N) is 2. The highest BCUT2D eigenvalue weighted by atomic mass is 16.5. The van der Waals surface area contributed by atoms with Gasteiger partial charge in [0.2, 0.25) is 0 Å². The Hall–Kier alpha value is -1.46. The molecule has 5 heteroatoms. The molecule has 0 bridgehead atoms. The van der Waals surface area contributed by atoms with E-state index in [-0.39, 0.29) is 6.61 Å². The third-order valence-corrected chi connectivity index (χ3v) is 3.14. The second-order valence-corrected chi connectivity index (χ2v) is 4.81. The average molecular weight is 267 g/mol. The first-order valence-corrected chi connectivity index (χ1v) is 6.64. The van der Waals surface area contributed by atoms with Gasteiger partial charge in [-0.3, -0.25) is 0 Å². The second-order valence-electron chi connectivity index (χ2n) is 4.81. The summed E-state index contributed by atoms with van der Waals surface area (Å²) in [6, 6.07) is 1.85. The van der Waals surface area contributed by atoms with E-state index in [9.17, 15) is 5.11 Å². The maximum Gasteiger partial charge on any atom is 0.144 e. The molecule has 1 atom stereocenters. The van der Waals surface area contributed by atoms with E-state index in [1.165, 1.54) is 0 Å². The van der Waals surface area contributed by atoms with Crippen LogP contribution in [-0.2, 0) is 0 Å². The lowest BCUT2D eigenvalue weighted by Gasteiger charge is -2.17. The third-order valence-electron chi connectivity index (χ3n) is 3.14. The maximum atomic E-state index is 9.76. The van der Waals surface area contributed by atoms with Crippen molar-refractivity contribution < 1.29 is 9.84 Å². The predicted octanol–water partition coefficient (Wildman–Crippen LogP) is 1.21. The van der Waals surface area contributed by atoms with Crippen LogP contribution in [0.2, 0.25) is 0 Å². The number of aliphatic hydroxyl groups is 1. The molecule has 0 aliphatic carbocycles. The molecule has 0 fully saturated rings. The van der Waals surface area contributed by atoms with Gasteiger partial charge in [0.05, 0.1) is 11.4 Å². The fraction of sp³-hybridized carbons (Fsp3) is 0.571. The Labute approximate surface area is 114 Å². The van der Waals surface area contributed by atoms with Crippen molar-refractivity contribution in [3.63, 3.8) is 0 Å². The van der Waals surface area contributed by atoms with Gasteiger partial charge in [-0.25, -0.2) is 0 Å². The van der Waals surface area contributed by atoms with Gasteiger partial charge in [-0.05, 0) is 44.0 Å². The lowest BCUT2D eigenvalue weighted by atomic mass is 10.1. The zero-order valence-corrected chi connectivity index (χ0v) is 12.0. The molecule has 0 aliphatic rings. The molecule has 5 nitrogen and oxygen atoms in total. The fourth-order valence-electron chi connectivity index (χ4n) is 1.74. The first kappa shape index (κ1) is 15.6. The predicted molar refractivity (Wildman–Crippen MR) is 79.4 cm³/mol. The lowest BCUT2D eigenvalue weighted by Crippen LogP contribution is -2.31. The number of aliphatic hydroxyl groups excluding tert-OH is 1. The Bertz CT molecular complexity index is 422. The first-order chi connectivity index (χ1) is 8.97. The summed E-state index contributed by atoms with van der Waals surface area (Å²) in [5, 5.41) is 12.9. The molecule has 0 saturated heterocycles. The third kappa shape index (κ3) is 4.29. The topological polar surface area (TPSA) is 93.5 Å². The molecule has 108 valence electrons. The molecule has 0 spiro atoms. The minimum atomic E-state index is -0.561. The van der Waals surface area contributed by atoms with Crippen molar-refractivity contribution in [2.45, 2.75) is 33.3 Å². The van der Waals surface area contributed by atoms with Gasteiger partial charge in [0.15, 0.2) is 0 Å². The summed E-state index contributed by atoms with van der Waals surface area (Å²) in [4.78, 5) is 0. The smallest absolute Gasteiger partial charge is 0.144 e. The van der Waals surface area contributed by atoms with E-state index < -0.39 is 6.10 Å². The summed E-state index contributed by atoms with van der Waals surface area (Å²) >= 11 is 0. The minimum Gasteiger partial charge on any atom is -0.489 e. The standard InChI is InChI=1S/C14H25N3O2/c1-4-5-17-7-11(18)8-19-12-6-9(2)10(3)13(15)14(12)16/h6,11,17-18H,4-5,7-8,15-16H2,1-3H3. The number of anilines is 2. The molecule has 1 rings (SSSR count). The van der Waals surface area contributed by atoms with Crippen LogP contribution in [0.1, 0.15) is 24.5 Å². The first-order valence-electron chi connectivity index (χ1n) is 6.64. The van der Waals surface area contributed by atoms with Crippen molar-refractivity contribution in [3.05, 3.63) is 17.2 Å². The average Bonchev–Trinajstić information content (AvgIpc) is 2.39. The van der Waals surface area contributed by atoms with Crippen molar-refractivity contribution in [1.29, 1.82) is 0 Å². The van der Waals surface area contributed by atoms with Gasteiger partial charge < -0.3 is 26.6 Å². The number of benzene rings is 1. The fourth-order valence-corrected chi connectivity index (χ4v) is 1.74. The molecule has 0 aliphatic heterocycles. The highest BCUT2D eigenvalue weighted by molar-refractivity contribution is 5.75. The summed E-state index contributed by atoms with van der Waals surface area (Å²) in [5.74, 6) is 0.537. The van der Waals surface area contributed by atoms with Crippen molar-refractivity contribution in [1.82, 2.24) is 5.32 Å². The number of nitrogens with one attached hydrogen (secondary N) is 1. The van der Waals surface area contributed by atoms with E-state index >= 15 is 0 Å². The van der Waals surface area contributed by atoms with Crippen LogP contribution < -0.4 is 21.5 Å². The highest BCUT2D eigenvalue weighted by Gasteiger charge is 2.11. The number of hydrogen-bond donors (Lipinski definition) is 4. The van der Waals surface area contributed by atoms with E-state index in [1.54, 1.807) is 0 Å². The molecule has 1 aromatic rings. The zero-order valence-electron chi connectivity index (χ0n) is 12.0. The molecule has 0 heterocycles. The molecule has 0 amide bonds. The molecular formula is C14H25N3O2. The van der Waals surface area contributed by atoms with Gasteiger partial charge in [0.1, 0.15) is 18.5 Å². The quantitative estimate of drug-likeness (QED) is 0.440. The number of hydrogen-bond acceptors (Lipinski definition) is 5. The van der Waals surface area contributed by atoms with Crippen LogP contribution in [0.25, 0.3) is 0 Å². The monoisotopic (exact) mass is 267 g/mol. The van der Waals surface area contributed by atoms with E-state index in [0.29, 0.717) is 23.7 Å². The Morgan fingerprint density at radius 2 is 2.00 bits per heavy atom. The Morgan fingerprint density at radius 1 is 1.32 bits per heavy atom. The van der Waals surface area contributed by atoms with Gasteiger partial charge in [-0.15, -0.1) is 0 Å². The van der Waals surface area contributed by atoms with Crippen LogP contribution in [0.4, 0.5) is 11.4 Å². The summed E-state index contributed by atoms with van der Waals surface area (Å²) in [6.45, 7) is 7.55. The van der Waals surface area contributed by atoms with Crippen LogP contribution in [-0.4, -0.2) is 30.9 Å². The molecule has 1 unspecified atom stereocenters. The van der Waals surface area contributed by atoms with Crippen LogP contribution in [0.15, 0.2) is 6.07 Å². The lowest BCUT2D eigenvalue weighted by molar-refractivity contribution is 0.107. The molecule has 0 aromatic heterocycles. The second kappa shape index (κ2) is 7.21. The Balaban J connectivity index is 2.58. The van der Waals surface area contributed by atoms with Gasteiger partial charge >= 0.3 is 0 Å². The van der Waals surface area contributed by atoms with Gasteiger partial charge in [0, 0.05) is 6.54 Å². The molecule has 19 heavy (non-hydrogen) atoms. The van der Waals surface area contributed by atoms with Gasteiger partial charge in [-0.2, -0.15) is 0 Å². The summed E-state index contributed by atoms with van der Waals surface area (Å²) in [7, 11) is 0. The largest absolute Gasteiger partial charge is 0.489 e. The Morgan fingerprint density at radius 3 is 2.63 bits per heavy atom. The number of nitrogen functional groups attached to an aromatic ring is 2. The summed E-state index contributed by atoms with van der Waals surface area (Å²) in [6.07, 6.45) is 0.475. The highest BCUT2D eigenvalue weighted by Crippen LogP contribution is 2.32. The van der Waals surface area contributed by atoms with Crippen molar-refractivity contribution in [2.75, 3.05) is 31.2 Å². The molecule has 0 radical (unpaired) electrons. The Kier molecular flexibility index (Phi) is 5.92. The van der Waals surface area contributed by atoms with E-state index in [2.05, 4.69) is 12.2 Å².